The first-order valence-electron chi connectivity index (χ1n) is 4.32. The van der Waals surface area contributed by atoms with Crippen LogP contribution in [0.3, 0.4) is 0 Å². The normalized spacial score (nSPS) is 16.4. The predicted molar refractivity (Wildman–Crippen MR) is 49.3 cm³/mol. The lowest BCUT2D eigenvalue weighted by Crippen LogP contribution is -2.45. The molecule has 1 aliphatic heterocycles. The molecule has 1 aromatic carbocycles. The molecule has 1 aliphatic rings. The van der Waals surface area contributed by atoms with E-state index in [1.54, 1.807) is 7.11 Å². The maximum absolute atomic E-state index is 5.60. The molecule has 0 N–H and O–H groups in total. The van der Waals surface area contributed by atoms with Gasteiger partial charge in [-0.1, -0.05) is 0 Å². The summed E-state index contributed by atoms with van der Waals surface area (Å²) < 4.78 is 10.6. The SMILES string of the molecule is COc1ccc(OC2C[N]C2)cc1. The first kappa shape index (κ1) is 8.38. The van der Waals surface area contributed by atoms with Gasteiger partial charge in [-0.05, 0) is 24.3 Å². The van der Waals surface area contributed by atoms with Gasteiger partial charge in [0, 0.05) is 0 Å². The van der Waals surface area contributed by atoms with Gasteiger partial charge in [0.05, 0.1) is 20.2 Å². The van der Waals surface area contributed by atoms with Gasteiger partial charge in [0.15, 0.2) is 0 Å². The Labute approximate surface area is 77.7 Å². The maximum Gasteiger partial charge on any atom is 0.127 e. The van der Waals surface area contributed by atoms with Gasteiger partial charge in [0.1, 0.15) is 17.6 Å². The molecule has 0 aromatic heterocycles. The molecule has 3 nitrogen and oxygen atoms in total. The van der Waals surface area contributed by atoms with E-state index < -0.39 is 0 Å². The highest BCUT2D eigenvalue weighted by molar-refractivity contribution is 5.31. The quantitative estimate of drug-likeness (QED) is 0.693. The van der Waals surface area contributed by atoms with Crippen molar-refractivity contribution in [1.29, 1.82) is 0 Å². The van der Waals surface area contributed by atoms with E-state index in [1.807, 2.05) is 24.3 Å². The van der Waals surface area contributed by atoms with E-state index in [2.05, 4.69) is 5.32 Å². The Balaban J connectivity index is 1.96. The molecule has 3 heteroatoms. The monoisotopic (exact) mass is 178 g/mol. The fourth-order valence-corrected chi connectivity index (χ4v) is 1.16. The molecule has 13 heavy (non-hydrogen) atoms. The van der Waals surface area contributed by atoms with E-state index in [4.69, 9.17) is 9.47 Å². The third-order valence-corrected chi connectivity index (χ3v) is 2.03. The molecule has 69 valence electrons. The number of rotatable bonds is 3. The van der Waals surface area contributed by atoms with Gasteiger partial charge in [-0.2, -0.15) is 0 Å². The second kappa shape index (κ2) is 3.66. The van der Waals surface area contributed by atoms with Crippen molar-refractivity contribution in [3.05, 3.63) is 24.3 Å². The minimum Gasteiger partial charge on any atom is -0.497 e. The molecule has 0 amide bonds. The van der Waals surface area contributed by atoms with Crippen molar-refractivity contribution in [2.45, 2.75) is 6.10 Å². The van der Waals surface area contributed by atoms with E-state index in [-0.39, 0.29) is 6.10 Å². The van der Waals surface area contributed by atoms with Crippen molar-refractivity contribution in [2.75, 3.05) is 20.2 Å². The van der Waals surface area contributed by atoms with Crippen LogP contribution in [0.1, 0.15) is 0 Å². The lowest BCUT2D eigenvalue weighted by atomic mass is 10.2. The zero-order chi connectivity index (χ0) is 9.10. The minimum absolute atomic E-state index is 0.286. The van der Waals surface area contributed by atoms with Gasteiger partial charge < -0.3 is 9.47 Å². The molecule has 1 radical (unpaired) electrons. The third-order valence-electron chi connectivity index (χ3n) is 2.03. The Morgan fingerprint density at radius 2 is 1.77 bits per heavy atom. The topological polar surface area (TPSA) is 32.6 Å². The van der Waals surface area contributed by atoms with E-state index in [0.717, 1.165) is 24.6 Å². The van der Waals surface area contributed by atoms with Crippen LogP contribution in [0, 0.1) is 0 Å². The Morgan fingerprint density at radius 3 is 2.23 bits per heavy atom. The molecular formula is C10H12NO2. The van der Waals surface area contributed by atoms with E-state index in [0.29, 0.717) is 0 Å². The first-order valence-corrected chi connectivity index (χ1v) is 4.32. The minimum atomic E-state index is 0.286. The summed E-state index contributed by atoms with van der Waals surface area (Å²) in [4.78, 5) is 0. The van der Waals surface area contributed by atoms with E-state index in [9.17, 15) is 0 Å². The van der Waals surface area contributed by atoms with Crippen molar-refractivity contribution in [1.82, 2.24) is 5.32 Å². The van der Waals surface area contributed by atoms with Crippen LogP contribution >= 0.6 is 0 Å². The summed E-state index contributed by atoms with van der Waals surface area (Å²) in [5.74, 6) is 1.74. The lowest BCUT2D eigenvalue weighted by Gasteiger charge is -2.26. The molecule has 1 heterocycles. The van der Waals surface area contributed by atoms with Crippen LogP contribution in [-0.2, 0) is 0 Å². The molecule has 1 aromatic rings. The molecule has 0 atom stereocenters. The van der Waals surface area contributed by atoms with Crippen LogP contribution in [0.2, 0.25) is 0 Å². The largest absolute Gasteiger partial charge is 0.497 e. The number of benzene rings is 1. The van der Waals surface area contributed by atoms with Crippen LogP contribution < -0.4 is 14.8 Å². The van der Waals surface area contributed by atoms with Crippen molar-refractivity contribution in [2.24, 2.45) is 0 Å². The molecule has 2 rings (SSSR count). The van der Waals surface area contributed by atoms with Crippen LogP contribution in [0.15, 0.2) is 24.3 Å². The van der Waals surface area contributed by atoms with Crippen LogP contribution in [0.5, 0.6) is 11.5 Å². The molecule has 0 saturated carbocycles. The second-order valence-corrected chi connectivity index (χ2v) is 3.00. The van der Waals surface area contributed by atoms with E-state index >= 15 is 0 Å². The Kier molecular flexibility index (Phi) is 2.36. The van der Waals surface area contributed by atoms with Crippen LogP contribution in [0.25, 0.3) is 0 Å². The summed E-state index contributed by atoms with van der Waals surface area (Å²) >= 11 is 0. The molecule has 1 fully saturated rings. The van der Waals surface area contributed by atoms with Crippen LogP contribution in [-0.4, -0.2) is 26.3 Å². The predicted octanol–water partition coefficient (Wildman–Crippen LogP) is 1.06. The smallest absolute Gasteiger partial charge is 0.127 e. The summed E-state index contributed by atoms with van der Waals surface area (Å²) in [6.45, 7) is 1.65. The first-order chi connectivity index (χ1) is 6.38. The van der Waals surface area contributed by atoms with Gasteiger partial charge in [0.2, 0.25) is 0 Å². The van der Waals surface area contributed by atoms with Gasteiger partial charge in [-0.3, -0.25) is 0 Å². The van der Waals surface area contributed by atoms with Crippen molar-refractivity contribution < 1.29 is 9.47 Å². The summed E-state index contributed by atoms with van der Waals surface area (Å²) in [6.07, 6.45) is 0.286. The zero-order valence-electron chi connectivity index (χ0n) is 7.56. The Hall–Kier alpha value is -1.22. The number of nitrogens with zero attached hydrogens (tertiary/aromatic N) is 1. The molecule has 0 unspecified atom stereocenters. The number of hydrogen-bond acceptors (Lipinski definition) is 2. The highest BCUT2D eigenvalue weighted by Crippen LogP contribution is 2.18. The molecule has 1 saturated heterocycles. The second-order valence-electron chi connectivity index (χ2n) is 3.00. The molecule has 0 aliphatic carbocycles. The number of hydrogen-bond donors (Lipinski definition) is 0. The Bertz CT molecular complexity index is 267. The van der Waals surface area contributed by atoms with Gasteiger partial charge >= 0.3 is 0 Å². The standard InChI is InChI=1S/C10H12NO2/c1-12-8-2-4-9(5-3-8)13-10-6-11-7-10/h2-5,10H,6-7H2,1H3. The summed E-state index contributed by atoms with van der Waals surface area (Å²) in [5.41, 5.74) is 0. The average Bonchev–Trinajstić information content (AvgIpc) is 2.12. The van der Waals surface area contributed by atoms with Crippen LogP contribution in [0.4, 0.5) is 0 Å². The average molecular weight is 178 g/mol. The maximum atomic E-state index is 5.60. The summed E-state index contributed by atoms with van der Waals surface area (Å²) in [7, 11) is 1.65. The van der Waals surface area contributed by atoms with Gasteiger partial charge in [-0.25, -0.2) is 5.32 Å². The number of methoxy groups -OCH3 is 1. The lowest BCUT2D eigenvalue weighted by molar-refractivity contribution is 0.138. The molecule has 0 spiro atoms. The third kappa shape index (κ3) is 1.92. The highest BCUT2D eigenvalue weighted by atomic mass is 16.5. The van der Waals surface area contributed by atoms with Crippen molar-refractivity contribution in [3.8, 4) is 11.5 Å². The zero-order valence-corrected chi connectivity index (χ0v) is 7.56. The number of ether oxygens (including phenoxy) is 2. The van der Waals surface area contributed by atoms with Gasteiger partial charge in [0.25, 0.3) is 0 Å². The fraction of sp³-hybridized carbons (Fsp3) is 0.400. The van der Waals surface area contributed by atoms with E-state index in [1.165, 1.54) is 0 Å². The highest BCUT2D eigenvalue weighted by Gasteiger charge is 2.19. The summed E-state index contributed by atoms with van der Waals surface area (Å²) in [6, 6.07) is 7.62. The van der Waals surface area contributed by atoms with Crippen molar-refractivity contribution >= 4 is 0 Å². The Morgan fingerprint density at radius 1 is 1.15 bits per heavy atom. The summed E-state index contributed by atoms with van der Waals surface area (Å²) in [5, 5.41) is 4.08. The molecule has 0 bridgehead atoms. The van der Waals surface area contributed by atoms with Crippen molar-refractivity contribution in [3.63, 3.8) is 0 Å². The van der Waals surface area contributed by atoms with Gasteiger partial charge in [-0.15, -0.1) is 0 Å². The fourth-order valence-electron chi connectivity index (χ4n) is 1.16. The molecular weight excluding hydrogens is 166 g/mol.